The zero-order valence-corrected chi connectivity index (χ0v) is 16.3. The second-order valence-corrected chi connectivity index (χ2v) is 8.82. The molecular weight excluding hydrogens is 344 g/mol. The number of anilines is 1. The van der Waals surface area contributed by atoms with Crippen molar-refractivity contribution in [3.8, 4) is 0 Å². The number of amides is 1. The molecular formula is C16H28N4O2S2. The molecule has 8 heteroatoms. The number of rotatable bonds is 10. The molecule has 24 heavy (non-hydrogen) atoms. The molecule has 1 aliphatic rings. The topological polar surface area (TPSA) is 76.1 Å². The molecule has 0 saturated carbocycles. The van der Waals surface area contributed by atoms with Crippen LogP contribution in [0.2, 0.25) is 0 Å². The Hall–Kier alpha value is -0.860. The van der Waals surface area contributed by atoms with Crippen molar-refractivity contribution in [2.24, 2.45) is 5.92 Å². The summed E-state index contributed by atoms with van der Waals surface area (Å²) < 4.78 is 6.38. The highest BCUT2D eigenvalue weighted by Gasteiger charge is 2.16. The molecule has 0 spiro atoms. The Labute approximate surface area is 152 Å². The molecule has 1 aromatic rings. The van der Waals surface area contributed by atoms with E-state index in [1.54, 1.807) is 0 Å². The Morgan fingerprint density at radius 3 is 2.92 bits per heavy atom. The minimum atomic E-state index is 0.0559. The molecule has 1 aromatic heterocycles. The predicted octanol–water partition coefficient (Wildman–Crippen LogP) is 3.16. The van der Waals surface area contributed by atoms with Crippen LogP contribution in [-0.4, -0.2) is 47.2 Å². The fourth-order valence-electron chi connectivity index (χ4n) is 2.45. The maximum Gasteiger partial charge on any atom is 0.230 e. The molecule has 1 fully saturated rings. The number of hydrogen-bond donors (Lipinski definition) is 2. The first-order valence-corrected chi connectivity index (χ1v) is 10.4. The summed E-state index contributed by atoms with van der Waals surface area (Å²) in [7, 11) is 0. The minimum absolute atomic E-state index is 0.0559. The number of nitrogens with zero attached hydrogens (tertiary/aromatic N) is 2. The van der Waals surface area contributed by atoms with Crippen LogP contribution in [0.5, 0.6) is 0 Å². The molecule has 2 N–H and O–H groups in total. The number of carbonyl (C=O) groups excluding carboxylic acids is 1. The molecule has 2 rings (SSSR count). The standard InChI is InChI=1S/C16H28N4O2S2/c1-11(2)6-7-12(3)18-14(21)10-23-16-20-19-15(24-16)17-9-13-5-4-8-22-13/h11-13H,4-10H2,1-3H3,(H,17,19)(H,18,21). The van der Waals surface area contributed by atoms with Crippen LogP contribution in [-0.2, 0) is 9.53 Å². The molecule has 6 nitrogen and oxygen atoms in total. The van der Waals surface area contributed by atoms with Gasteiger partial charge in [0.1, 0.15) is 0 Å². The molecule has 0 aromatic carbocycles. The summed E-state index contributed by atoms with van der Waals surface area (Å²) >= 11 is 2.92. The molecule has 1 aliphatic heterocycles. The van der Waals surface area contributed by atoms with E-state index in [1.807, 2.05) is 0 Å². The molecule has 0 radical (unpaired) electrons. The summed E-state index contributed by atoms with van der Waals surface area (Å²) in [5.41, 5.74) is 0. The van der Waals surface area contributed by atoms with E-state index in [0.717, 1.165) is 48.3 Å². The van der Waals surface area contributed by atoms with E-state index in [4.69, 9.17) is 4.74 Å². The fourth-order valence-corrected chi connectivity index (χ4v) is 4.02. The normalized spacial score (nSPS) is 18.8. The molecule has 2 unspecified atom stereocenters. The highest BCUT2D eigenvalue weighted by molar-refractivity contribution is 8.01. The van der Waals surface area contributed by atoms with Gasteiger partial charge >= 0.3 is 0 Å². The number of ether oxygens (including phenoxy) is 1. The summed E-state index contributed by atoms with van der Waals surface area (Å²) in [6, 6.07) is 0.221. The second-order valence-electron chi connectivity index (χ2n) is 6.62. The summed E-state index contributed by atoms with van der Waals surface area (Å²) in [6.45, 7) is 8.08. The van der Waals surface area contributed by atoms with Crippen molar-refractivity contribution in [1.82, 2.24) is 15.5 Å². The molecule has 0 aliphatic carbocycles. The van der Waals surface area contributed by atoms with Gasteiger partial charge in [-0.2, -0.15) is 0 Å². The van der Waals surface area contributed by atoms with E-state index in [-0.39, 0.29) is 18.1 Å². The van der Waals surface area contributed by atoms with Gasteiger partial charge in [-0.15, -0.1) is 10.2 Å². The first kappa shape index (κ1) is 19.5. The molecule has 0 bridgehead atoms. The summed E-state index contributed by atoms with van der Waals surface area (Å²) in [4.78, 5) is 12.0. The highest BCUT2D eigenvalue weighted by atomic mass is 32.2. The summed E-state index contributed by atoms with van der Waals surface area (Å²) in [5, 5.41) is 15.3. The van der Waals surface area contributed by atoms with Crippen LogP contribution in [0.25, 0.3) is 0 Å². The average molecular weight is 373 g/mol. The monoisotopic (exact) mass is 372 g/mol. The zero-order chi connectivity index (χ0) is 17.4. The van der Waals surface area contributed by atoms with Crippen molar-refractivity contribution in [2.45, 2.75) is 62.9 Å². The quantitative estimate of drug-likeness (QED) is 0.615. The van der Waals surface area contributed by atoms with Crippen molar-refractivity contribution in [3.05, 3.63) is 0 Å². The van der Waals surface area contributed by atoms with Crippen molar-refractivity contribution in [2.75, 3.05) is 24.2 Å². The van der Waals surface area contributed by atoms with Crippen LogP contribution in [0.3, 0.4) is 0 Å². The van der Waals surface area contributed by atoms with Crippen LogP contribution in [0.4, 0.5) is 5.13 Å². The fraction of sp³-hybridized carbons (Fsp3) is 0.812. The van der Waals surface area contributed by atoms with Crippen molar-refractivity contribution < 1.29 is 9.53 Å². The Morgan fingerprint density at radius 2 is 2.21 bits per heavy atom. The third-order valence-electron chi connectivity index (χ3n) is 3.82. The maximum absolute atomic E-state index is 12.0. The van der Waals surface area contributed by atoms with E-state index >= 15 is 0 Å². The average Bonchev–Trinajstić information content (AvgIpc) is 3.20. The first-order valence-electron chi connectivity index (χ1n) is 8.64. The van der Waals surface area contributed by atoms with Gasteiger partial charge in [-0.3, -0.25) is 4.79 Å². The van der Waals surface area contributed by atoms with Gasteiger partial charge in [0.2, 0.25) is 11.0 Å². The van der Waals surface area contributed by atoms with Crippen molar-refractivity contribution in [1.29, 1.82) is 0 Å². The van der Waals surface area contributed by atoms with Crippen LogP contribution in [0.15, 0.2) is 4.34 Å². The van der Waals surface area contributed by atoms with E-state index in [9.17, 15) is 4.79 Å². The van der Waals surface area contributed by atoms with Gasteiger partial charge in [-0.25, -0.2) is 0 Å². The van der Waals surface area contributed by atoms with E-state index in [0.29, 0.717) is 11.7 Å². The van der Waals surface area contributed by atoms with Gasteiger partial charge in [0, 0.05) is 19.2 Å². The molecule has 1 saturated heterocycles. The second kappa shape index (κ2) is 10.2. The van der Waals surface area contributed by atoms with Crippen molar-refractivity contribution in [3.63, 3.8) is 0 Å². The van der Waals surface area contributed by atoms with Gasteiger partial charge in [0.05, 0.1) is 11.9 Å². The molecule has 2 atom stereocenters. The molecule has 1 amide bonds. The third-order valence-corrected chi connectivity index (χ3v) is 5.84. The number of carbonyl (C=O) groups is 1. The third kappa shape index (κ3) is 7.36. The summed E-state index contributed by atoms with van der Waals surface area (Å²) in [6.07, 6.45) is 4.66. The number of hydrogen-bond acceptors (Lipinski definition) is 7. The Morgan fingerprint density at radius 1 is 1.38 bits per heavy atom. The van der Waals surface area contributed by atoms with Gasteiger partial charge in [0.15, 0.2) is 4.34 Å². The van der Waals surface area contributed by atoms with E-state index in [2.05, 4.69) is 41.6 Å². The molecule has 136 valence electrons. The predicted molar refractivity (Wildman–Crippen MR) is 99.8 cm³/mol. The van der Waals surface area contributed by atoms with E-state index in [1.165, 1.54) is 23.1 Å². The van der Waals surface area contributed by atoms with Crippen LogP contribution in [0, 0.1) is 5.92 Å². The lowest BCUT2D eigenvalue weighted by molar-refractivity contribution is -0.119. The van der Waals surface area contributed by atoms with Gasteiger partial charge in [0.25, 0.3) is 0 Å². The summed E-state index contributed by atoms with van der Waals surface area (Å²) in [5.74, 6) is 1.10. The first-order chi connectivity index (χ1) is 11.5. The lowest BCUT2D eigenvalue weighted by atomic mass is 10.0. The maximum atomic E-state index is 12.0. The molecule has 2 heterocycles. The van der Waals surface area contributed by atoms with Gasteiger partial charge in [-0.1, -0.05) is 36.9 Å². The van der Waals surface area contributed by atoms with Crippen LogP contribution in [0.1, 0.15) is 46.5 Å². The lowest BCUT2D eigenvalue weighted by Crippen LogP contribution is -2.33. The van der Waals surface area contributed by atoms with Crippen LogP contribution < -0.4 is 10.6 Å². The lowest BCUT2D eigenvalue weighted by Gasteiger charge is -2.14. The van der Waals surface area contributed by atoms with E-state index < -0.39 is 0 Å². The number of aromatic nitrogens is 2. The number of thioether (sulfide) groups is 1. The Balaban J connectivity index is 1.63. The Bertz CT molecular complexity index is 504. The van der Waals surface area contributed by atoms with Crippen molar-refractivity contribution >= 4 is 34.1 Å². The minimum Gasteiger partial charge on any atom is -0.376 e. The van der Waals surface area contributed by atoms with Crippen LogP contribution >= 0.6 is 23.1 Å². The zero-order valence-electron chi connectivity index (χ0n) is 14.7. The largest absolute Gasteiger partial charge is 0.376 e. The number of nitrogens with one attached hydrogen (secondary N) is 2. The SMILES string of the molecule is CC(C)CCC(C)NC(=O)CSc1nnc(NCC2CCCO2)s1. The van der Waals surface area contributed by atoms with Gasteiger partial charge < -0.3 is 15.4 Å². The van der Waals surface area contributed by atoms with Gasteiger partial charge in [-0.05, 0) is 38.5 Å². The highest BCUT2D eigenvalue weighted by Crippen LogP contribution is 2.25. The Kier molecular flexibility index (Phi) is 8.28. The smallest absolute Gasteiger partial charge is 0.230 e.